The van der Waals surface area contributed by atoms with Gasteiger partial charge in [-0.05, 0) is 12.8 Å². The third-order valence-electron chi connectivity index (χ3n) is 3.81. The molecule has 0 unspecified atom stereocenters. The average Bonchev–Trinajstić information content (AvgIpc) is 2.75. The van der Waals surface area contributed by atoms with Crippen molar-refractivity contribution in [2.75, 3.05) is 13.1 Å². The minimum Gasteiger partial charge on any atom is -0.325 e. The average molecular weight is 319 g/mol. The van der Waals surface area contributed by atoms with Gasteiger partial charge in [-0.25, -0.2) is 7.80 Å². The zero-order valence-electron chi connectivity index (χ0n) is 8.43. The highest BCUT2D eigenvalue weighted by molar-refractivity contribution is 14.1. The number of nitrogens with two attached hydrogens (primary N) is 1. The number of rotatable bonds is 0. The molecule has 0 radical (unpaired) electrons. The maximum absolute atomic E-state index is 6.28. The van der Waals surface area contributed by atoms with E-state index < -0.39 is 0 Å². The van der Waals surface area contributed by atoms with Crippen molar-refractivity contribution in [2.45, 2.75) is 30.8 Å². The van der Waals surface area contributed by atoms with E-state index in [9.17, 15) is 0 Å². The molecule has 6 heteroatoms. The van der Waals surface area contributed by atoms with Crippen LogP contribution in [0.4, 0.5) is 0 Å². The van der Waals surface area contributed by atoms with Crippen LogP contribution in [0.5, 0.6) is 0 Å². The third kappa shape index (κ3) is 1.34. The molecule has 1 spiro atoms. The second-order valence-electron chi connectivity index (χ2n) is 4.47. The Bertz CT molecular complexity index is 368. The Balaban J connectivity index is 1.97. The molecule has 0 bridgehead atoms. The SMILES string of the molecule is N[C@@H]1Cn2nncc2C12CCN(I)CC2. The van der Waals surface area contributed by atoms with Gasteiger partial charge in [0.1, 0.15) is 0 Å². The van der Waals surface area contributed by atoms with Crippen LogP contribution in [0, 0.1) is 0 Å². The number of piperidine rings is 1. The maximum atomic E-state index is 6.28. The first-order valence-corrected chi connectivity index (χ1v) is 6.24. The van der Waals surface area contributed by atoms with E-state index in [1.54, 1.807) is 0 Å². The van der Waals surface area contributed by atoms with Crippen LogP contribution in [0.1, 0.15) is 18.5 Å². The number of hydrogen-bond acceptors (Lipinski definition) is 4. The van der Waals surface area contributed by atoms with Gasteiger partial charge in [0.15, 0.2) is 0 Å². The van der Waals surface area contributed by atoms with Crippen LogP contribution in [0.15, 0.2) is 6.20 Å². The highest BCUT2D eigenvalue weighted by atomic mass is 127. The molecular weight excluding hydrogens is 305 g/mol. The van der Waals surface area contributed by atoms with Crippen LogP contribution in [0.25, 0.3) is 0 Å². The molecule has 1 atom stereocenters. The molecule has 0 aliphatic carbocycles. The summed E-state index contributed by atoms with van der Waals surface area (Å²) < 4.78 is 4.32. The lowest BCUT2D eigenvalue weighted by molar-refractivity contribution is 0.232. The van der Waals surface area contributed by atoms with Gasteiger partial charge in [0.05, 0.1) is 18.4 Å². The zero-order valence-corrected chi connectivity index (χ0v) is 10.6. The van der Waals surface area contributed by atoms with Crippen molar-refractivity contribution < 1.29 is 0 Å². The van der Waals surface area contributed by atoms with Crippen LogP contribution in [-0.4, -0.2) is 37.2 Å². The van der Waals surface area contributed by atoms with Gasteiger partial charge in [0.2, 0.25) is 0 Å². The molecule has 2 N–H and O–H groups in total. The quantitative estimate of drug-likeness (QED) is 0.552. The van der Waals surface area contributed by atoms with Crippen molar-refractivity contribution in [2.24, 2.45) is 5.73 Å². The van der Waals surface area contributed by atoms with Crippen LogP contribution in [-0.2, 0) is 12.0 Å². The van der Waals surface area contributed by atoms with Crippen molar-refractivity contribution >= 4 is 22.9 Å². The summed E-state index contributed by atoms with van der Waals surface area (Å²) >= 11 is 2.39. The highest BCUT2D eigenvalue weighted by Crippen LogP contribution is 2.42. The lowest BCUT2D eigenvalue weighted by Crippen LogP contribution is -2.48. The fourth-order valence-corrected chi connectivity index (χ4v) is 3.32. The van der Waals surface area contributed by atoms with Gasteiger partial charge < -0.3 is 5.73 Å². The first kappa shape index (κ1) is 9.98. The molecule has 5 nitrogen and oxygen atoms in total. The molecule has 2 aliphatic rings. The van der Waals surface area contributed by atoms with E-state index in [1.807, 2.05) is 10.9 Å². The van der Waals surface area contributed by atoms with Crippen LogP contribution >= 0.6 is 22.9 Å². The van der Waals surface area contributed by atoms with Gasteiger partial charge in [0, 0.05) is 47.4 Å². The fourth-order valence-electron chi connectivity index (χ4n) is 2.83. The first-order valence-electron chi connectivity index (χ1n) is 5.28. The Morgan fingerprint density at radius 2 is 2.20 bits per heavy atom. The summed E-state index contributed by atoms with van der Waals surface area (Å²) in [5.74, 6) is 0. The smallest absolute Gasteiger partial charge is 0.0731 e. The maximum Gasteiger partial charge on any atom is 0.0731 e. The second kappa shape index (κ2) is 3.39. The van der Waals surface area contributed by atoms with E-state index >= 15 is 0 Å². The Morgan fingerprint density at radius 3 is 2.93 bits per heavy atom. The Hall–Kier alpha value is -0.210. The summed E-state index contributed by atoms with van der Waals surface area (Å²) in [5.41, 5.74) is 7.67. The van der Waals surface area contributed by atoms with Crippen molar-refractivity contribution in [3.8, 4) is 0 Å². The van der Waals surface area contributed by atoms with Crippen molar-refractivity contribution in [3.05, 3.63) is 11.9 Å². The molecule has 0 aromatic carbocycles. The second-order valence-corrected chi connectivity index (χ2v) is 5.84. The largest absolute Gasteiger partial charge is 0.325 e. The van der Waals surface area contributed by atoms with Crippen molar-refractivity contribution in [1.29, 1.82) is 0 Å². The summed E-state index contributed by atoms with van der Waals surface area (Å²) in [7, 11) is 0. The fraction of sp³-hybridized carbons (Fsp3) is 0.778. The molecule has 1 aromatic rings. The van der Waals surface area contributed by atoms with Gasteiger partial charge in [-0.15, -0.1) is 5.10 Å². The summed E-state index contributed by atoms with van der Waals surface area (Å²) in [6.45, 7) is 3.05. The van der Waals surface area contributed by atoms with Crippen LogP contribution in [0.2, 0.25) is 0 Å². The minimum absolute atomic E-state index is 0.144. The van der Waals surface area contributed by atoms with E-state index in [0.29, 0.717) is 0 Å². The summed E-state index contributed by atoms with van der Waals surface area (Å²) in [4.78, 5) is 0. The third-order valence-corrected chi connectivity index (χ3v) is 4.77. The number of aromatic nitrogens is 3. The number of hydrogen-bond donors (Lipinski definition) is 1. The number of halogens is 1. The topological polar surface area (TPSA) is 60.0 Å². The summed E-state index contributed by atoms with van der Waals surface area (Å²) in [6.07, 6.45) is 4.16. The van der Waals surface area contributed by atoms with Crippen LogP contribution < -0.4 is 5.73 Å². The monoisotopic (exact) mass is 319 g/mol. The molecule has 2 aliphatic heterocycles. The van der Waals surface area contributed by atoms with Gasteiger partial charge in [-0.2, -0.15) is 0 Å². The van der Waals surface area contributed by atoms with Gasteiger partial charge >= 0.3 is 0 Å². The normalized spacial score (nSPS) is 29.6. The highest BCUT2D eigenvalue weighted by Gasteiger charge is 2.48. The first-order chi connectivity index (χ1) is 7.22. The molecule has 3 rings (SSSR count). The molecule has 1 saturated heterocycles. The predicted molar refractivity (Wildman–Crippen MR) is 64.5 cm³/mol. The Morgan fingerprint density at radius 1 is 1.47 bits per heavy atom. The molecule has 3 heterocycles. The molecule has 1 aromatic heterocycles. The molecule has 1 fully saturated rings. The molecule has 82 valence electrons. The standard InChI is InChI=1S/C9H14IN5/c10-14-3-1-9(2-4-14)7(11)6-15-8(9)5-12-13-15/h5,7H,1-4,6,11H2/t7-/m1/s1. The summed E-state index contributed by atoms with van der Waals surface area (Å²) in [6, 6.07) is 0.216. The zero-order chi connectivity index (χ0) is 10.5. The van der Waals surface area contributed by atoms with Gasteiger partial charge in [0.25, 0.3) is 0 Å². The van der Waals surface area contributed by atoms with E-state index in [-0.39, 0.29) is 11.5 Å². The van der Waals surface area contributed by atoms with E-state index in [0.717, 1.165) is 32.5 Å². The van der Waals surface area contributed by atoms with Crippen molar-refractivity contribution in [1.82, 2.24) is 18.1 Å². The molecular formula is C9H14IN5. The van der Waals surface area contributed by atoms with Gasteiger partial charge in [-0.1, -0.05) is 5.21 Å². The predicted octanol–water partition coefficient (Wildman–Crippen LogP) is 0.303. The summed E-state index contributed by atoms with van der Waals surface area (Å²) in [5, 5.41) is 8.08. The molecule has 0 saturated carbocycles. The minimum atomic E-state index is 0.144. The Kier molecular flexibility index (Phi) is 2.26. The number of fused-ring (bicyclic) bond motifs is 2. The number of nitrogens with zero attached hydrogens (tertiary/aromatic N) is 4. The molecule has 15 heavy (non-hydrogen) atoms. The van der Waals surface area contributed by atoms with E-state index in [1.165, 1.54) is 5.69 Å². The van der Waals surface area contributed by atoms with Crippen molar-refractivity contribution in [3.63, 3.8) is 0 Å². The van der Waals surface area contributed by atoms with Gasteiger partial charge in [-0.3, -0.25) is 0 Å². The lowest BCUT2D eigenvalue weighted by Gasteiger charge is -2.39. The molecule has 0 amide bonds. The van der Waals surface area contributed by atoms with Crippen LogP contribution in [0.3, 0.4) is 0 Å². The Labute approximate surface area is 102 Å². The van der Waals surface area contributed by atoms with E-state index in [4.69, 9.17) is 5.73 Å². The van der Waals surface area contributed by atoms with E-state index in [2.05, 4.69) is 36.3 Å². The lowest BCUT2D eigenvalue weighted by atomic mass is 9.73.